The molecule has 2 amide bonds. The van der Waals surface area contributed by atoms with Crippen molar-refractivity contribution in [2.24, 2.45) is 11.8 Å². The Morgan fingerprint density at radius 2 is 1.44 bits per heavy atom. The van der Waals surface area contributed by atoms with Gasteiger partial charge in [-0.15, -0.1) is 0 Å². The van der Waals surface area contributed by atoms with Crippen LogP contribution < -0.4 is 0 Å². The Morgan fingerprint density at radius 3 is 2.03 bits per heavy atom. The standard InChI is InChI=1S/C25H20ClNO5/c26-14-11-9-13(10-12-14)20-18-19(24(31)27(23(18)30)15-5-1-2-6-15)25(32-20)21(28)16-7-3-4-8-17(16)22(25)29/h3-4,7-12,15,18-20H,1-2,5-6H2/t18-,19-,20+/m0/s1. The van der Waals surface area contributed by atoms with Gasteiger partial charge in [-0.3, -0.25) is 24.1 Å². The molecule has 2 aliphatic heterocycles. The molecule has 2 heterocycles. The van der Waals surface area contributed by atoms with Crippen molar-refractivity contribution in [3.05, 3.63) is 70.2 Å². The molecule has 2 aromatic rings. The molecule has 6 nitrogen and oxygen atoms in total. The highest BCUT2D eigenvalue weighted by Gasteiger charge is 2.75. The van der Waals surface area contributed by atoms with Gasteiger partial charge in [0.15, 0.2) is 0 Å². The van der Waals surface area contributed by atoms with Gasteiger partial charge in [0.25, 0.3) is 0 Å². The van der Waals surface area contributed by atoms with Crippen LogP contribution in [0.2, 0.25) is 5.02 Å². The van der Waals surface area contributed by atoms with Crippen molar-refractivity contribution < 1.29 is 23.9 Å². The fourth-order valence-corrected chi connectivity index (χ4v) is 6.14. The number of nitrogens with zero attached hydrogens (tertiary/aromatic N) is 1. The number of ether oxygens (including phenoxy) is 1. The van der Waals surface area contributed by atoms with Crippen LogP contribution in [0.4, 0.5) is 0 Å². The predicted octanol–water partition coefficient (Wildman–Crippen LogP) is 3.77. The summed E-state index contributed by atoms with van der Waals surface area (Å²) in [7, 11) is 0. The topological polar surface area (TPSA) is 80.8 Å². The molecule has 7 heteroatoms. The average molecular weight is 450 g/mol. The Hall–Kier alpha value is -2.83. The second kappa shape index (κ2) is 6.83. The molecular formula is C25H20ClNO5. The van der Waals surface area contributed by atoms with E-state index < -0.39 is 41.0 Å². The van der Waals surface area contributed by atoms with Crippen molar-refractivity contribution in [1.29, 1.82) is 0 Å². The first-order chi connectivity index (χ1) is 15.4. The molecular weight excluding hydrogens is 430 g/mol. The molecule has 32 heavy (non-hydrogen) atoms. The zero-order valence-corrected chi connectivity index (χ0v) is 17.9. The molecule has 162 valence electrons. The number of carbonyl (C=O) groups excluding carboxylic acids is 4. The van der Waals surface area contributed by atoms with Crippen LogP contribution >= 0.6 is 11.6 Å². The van der Waals surface area contributed by atoms with Gasteiger partial charge in [-0.25, -0.2) is 0 Å². The normalized spacial score (nSPS) is 28.8. The van der Waals surface area contributed by atoms with Gasteiger partial charge >= 0.3 is 0 Å². The number of ketones is 2. The number of halogens is 1. The summed E-state index contributed by atoms with van der Waals surface area (Å²) in [4.78, 5) is 56.0. The summed E-state index contributed by atoms with van der Waals surface area (Å²) in [5, 5.41) is 0.514. The summed E-state index contributed by atoms with van der Waals surface area (Å²) in [5.41, 5.74) is -0.897. The molecule has 2 saturated heterocycles. The minimum absolute atomic E-state index is 0.183. The first-order valence-electron chi connectivity index (χ1n) is 10.9. The lowest BCUT2D eigenvalue weighted by atomic mass is 9.77. The Bertz CT molecular complexity index is 1150. The van der Waals surface area contributed by atoms with E-state index in [4.69, 9.17) is 16.3 Å². The largest absolute Gasteiger partial charge is 0.349 e. The molecule has 1 saturated carbocycles. The smallest absolute Gasteiger partial charge is 0.237 e. The minimum atomic E-state index is -2.00. The number of amides is 2. The number of hydrogen-bond acceptors (Lipinski definition) is 5. The SMILES string of the molecule is O=C1[C@@H]2[C@@H](c3ccc(Cl)cc3)OC3(C(=O)c4ccccc4C3=O)[C@@H]2C(=O)N1C1CCCC1. The van der Waals surface area contributed by atoms with Crippen molar-refractivity contribution in [2.45, 2.75) is 43.4 Å². The molecule has 2 aliphatic carbocycles. The van der Waals surface area contributed by atoms with Gasteiger partial charge in [-0.05, 0) is 30.5 Å². The van der Waals surface area contributed by atoms with Crippen LogP contribution in [-0.4, -0.2) is 39.9 Å². The van der Waals surface area contributed by atoms with Crippen molar-refractivity contribution in [3.63, 3.8) is 0 Å². The predicted molar refractivity (Wildman–Crippen MR) is 114 cm³/mol. The van der Waals surface area contributed by atoms with Crippen molar-refractivity contribution in [2.75, 3.05) is 0 Å². The summed E-state index contributed by atoms with van der Waals surface area (Å²) in [5.74, 6) is -3.95. The highest BCUT2D eigenvalue weighted by atomic mass is 35.5. The van der Waals surface area contributed by atoms with Crippen molar-refractivity contribution in [3.8, 4) is 0 Å². The highest BCUT2D eigenvalue weighted by molar-refractivity contribution is 6.35. The number of hydrogen-bond donors (Lipinski definition) is 0. The van der Waals surface area contributed by atoms with E-state index in [1.54, 1.807) is 48.5 Å². The van der Waals surface area contributed by atoms with E-state index in [1.807, 2.05) is 0 Å². The third-order valence-electron chi connectivity index (χ3n) is 7.44. The summed E-state index contributed by atoms with van der Waals surface area (Å²) in [6.45, 7) is 0. The number of rotatable bonds is 2. The van der Waals surface area contributed by atoms with Crippen molar-refractivity contribution >= 4 is 35.0 Å². The number of Topliss-reactive ketones (excluding diaryl/α,β-unsaturated/α-hetero) is 2. The second-order valence-electron chi connectivity index (χ2n) is 9.02. The van der Waals surface area contributed by atoms with Crippen LogP contribution in [-0.2, 0) is 14.3 Å². The summed E-state index contributed by atoms with van der Waals surface area (Å²) in [6, 6.07) is 13.1. The van der Waals surface area contributed by atoms with Gasteiger partial charge in [-0.1, -0.05) is 60.8 Å². The molecule has 3 fully saturated rings. The van der Waals surface area contributed by atoms with Crippen LogP contribution in [0.25, 0.3) is 0 Å². The Kier molecular flexibility index (Phi) is 4.23. The van der Waals surface area contributed by atoms with Crippen LogP contribution in [0.15, 0.2) is 48.5 Å². The van der Waals surface area contributed by atoms with E-state index in [0.717, 1.165) is 25.7 Å². The van der Waals surface area contributed by atoms with Crippen LogP contribution in [0.5, 0.6) is 0 Å². The molecule has 3 atom stereocenters. The minimum Gasteiger partial charge on any atom is -0.349 e. The summed E-state index contributed by atoms with van der Waals surface area (Å²) in [6.07, 6.45) is 2.50. The molecule has 1 spiro atoms. The average Bonchev–Trinajstić information content (AvgIpc) is 3.54. The number of imide groups is 1. The Morgan fingerprint density at radius 1 is 0.844 bits per heavy atom. The number of fused-ring (bicyclic) bond motifs is 3. The number of likely N-dealkylation sites (tertiary alicyclic amines) is 1. The third kappa shape index (κ3) is 2.39. The van der Waals surface area contributed by atoms with E-state index in [1.165, 1.54) is 4.90 Å². The van der Waals surface area contributed by atoms with Gasteiger partial charge in [0.1, 0.15) is 0 Å². The molecule has 0 N–H and O–H groups in total. The maximum Gasteiger partial charge on any atom is 0.237 e. The lowest BCUT2D eigenvalue weighted by molar-refractivity contribution is -0.147. The molecule has 2 aromatic carbocycles. The third-order valence-corrected chi connectivity index (χ3v) is 7.69. The quantitative estimate of drug-likeness (QED) is 0.515. The van der Waals surface area contributed by atoms with Gasteiger partial charge in [0.2, 0.25) is 29.0 Å². The van der Waals surface area contributed by atoms with Crippen LogP contribution in [0, 0.1) is 11.8 Å². The molecule has 0 aromatic heterocycles. The maximum atomic E-state index is 13.7. The van der Waals surface area contributed by atoms with E-state index in [-0.39, 0.29) is 23.1 Å². The molecule has 4 aliphatic rings. The monoisotopic (exact) mass is 449 g/mol. The summed E-state index contributed by atoms with van der Waals surface area (Å²) < 4.78 is 6.25. The lowest BCUT2D eigenvalue weighted by Crippen LogP contribution is -2.51. The van der Waals surface area contributed by atoms with E-state index in [0.29, 0.717) is 10.6 Å². The summed E-state index contributed by atoms with van der Waals surface area (Å²) >= 11 is 6.04. The van der Waals surface area contributed by atoms with Gasteiger partial charge in [0, 0.05) is 22.2 Å². The fourth-order valence-electron chi connectivity index (χ4n) is 6.02. The second-order valence-corrected chi connectivity index (χ2v) is 9.45. The highest BCUT2D eigenvalue weighted by Crippen LogP contribution is 2.58. The first-order valence-corrected chi connectivity index (χ1v) is 11.3. The van der Waals surface area contributed by atoms with E-state index in [9.17, 15) is 19.2 Å². The zero-order valence-electron chi connectivity index (χ0n) is 17.1. The molecule has 6 rings (SSSR count). The van der Waals surface area contributed by atoms with Gasteiger partial charge < -0.3 is 4.74 Å². The molecule has 0 radical (unpaired) electrons. The first kappa shape index (κ1) is 19.8. The van der Waals surface area contributed by atoms with Crippen molar-refractivity contribution in [1.82, 2.24) is 4.90 Å². The number of benzene rings is 2. The van der Waals surface area contributed by atoms with E-state index in [2.05, 4.69) is 0 Å². The maximum absolute atomic E-state index is 13.7. The molecule has 0 bridgehead atoms. The zero-order chi connectivity index (χ0) is 22.2. The fraction of sp³-hybridized carbons (Fsp3) is 0.360. The Balaban J connectivity index is 1.52. The van der Waals surface area contributed by atoms with Gasteiger partial charge in [-0.2, -0.15) is 0 Å². The molecule has 0 unspecified atom stereocenters. The van der Waals surface area contributed by atoms with Crippen LogP contribution in [0.1, 0.15) is 58.1 Å². The lowest BCUT2D eigenvalue weighted by Gasteiger charge is -2.29. The number of carbonyl (C=O) groups is 4. The van der Waals surface area contributed by atoms with Crippen LogP contribution in [0.3, 0.4) is 0 Å². The Labute approximate surface area is 189 Å². The van der Waals surface area contributed by atoms with E-state index >= 15 is 0 Å². The van der Waals surface area contributed by atoms with Gasteiger partial charge in [0.05, 0.1) is 17.9 Å².